The molecule has 1 aromatic heterocycles. The van der Waals surface area contributed by atoms with Crippen LogP contribution in [-0.2, 0) is 9.53 Å². The number of hydrogen-bond donors (Lipinski definition) is 0. The number of carbonyl (C=O) groups excluding carboxylic acids is 1. The minimum atomic E-state index is -0.470. The second-order valence-corrected chi connectivity index (χ2v) is 6.09. The first-order valence-electron chi connectivity index (χ1n) is 8.13. The standard InChI is InChI=1S/C17H25N5O2/c1-13(2)15(17(23)21(3)11-8-12-24-4)22-19-16(18-20-22)14-9-6-5-7-10-14/h5-7,9-10,13,15H,8,11-12H2,1-4H3. The summed E-state index contributed by atoms with van der Waals surface area (Å²) in [6.07, 6.45) is 0.795. The summed E-state index contributed by atoms with van der Waals surface area (Å²) >= 11 is 0. The average molecular weight is 331 g/mol. The smallest absolute Gasteiger partial charge is 0.249 e. The van der Waals surface area contributed by atoms with Gasteiger partial charge < -0.3 is 9.64 Å². The van der Waals surface area contributed by atoms with E-state index in [1.807, 2.05) is 44.2 Å². The second kappa shape index (κ2) is 8.54. The van der Waals surface area contributed by atoms with E-state index in [1.54, 1.807) is 19.1 Å². The van der Waals surface area contributed by atoms with Crippen LogP contribution in [0.3, 0.4) is 0 Å². The molecule has 1 heterocycles. The molecule has 130 valence electrons. The van der Waals surface area contributed by atoms with E-state index < -0.39 is 6.04 Å². The van der Waals surface area contributed by atoms with Crippen molar-refractivity contribution in [2.45, 2.75) is 26.3 Å². The number of ether oxygens (including phenoxy) is 1. The minimum absolute atomic E-state index is 0.0156. The summed E-state index contributed by atoms with van der Waals surface area (Å²) in [5, 5.41) is 12.6. The zero-order chi connectivity index (χ0) is 17.5. The van der Waals surface area contributed by atoms with Crippen molar-refractivity contribution in [3.63, 3.8) is 0 Å². The van der Waals surface area contributed by atoms with E-state index >= 15 is 0 Å². The van der Waals surface area contributed by atoms with Gasteiger partial charge in [-0.05, 0) is 17.6 Å². The highest BCUT2D eigenvalue weighted by atomic mass is 16.5. The maximum absolute atomic E-state index is 12.8. The third-order valence-corrected chi connectivity index (χ3v) is 3.81. The predicted molar refractivity (Wildman–Crippen MR) is 91.3 cm³/mol. The highest BCUT2D eigenvalue weighted by Crippen LogP contribution is 2.20. The van der Waals surface area contributed by atoms with Crippen LogP contribution in [0.25, 0.3) is 11.4 Å². The number of methoxy groups -OCH3 is 1. The van der Waals surface area contributed by atoms with Crippen LogP contribution in [0.15, 0.2) is 30.3 Å². The Balaban J connectivity index is 2.16. The van der Waals surface area contributed by atoms with Crippen molar-refractivity contribution < 1.29 is 9.53 Å². The van der Waals surface area contributed by atoms with Gasteiger partial charge in [-0.3, -0.25) is 4.79 Å². The summed E-state index contributed by atoms with van der Waals surface area (Å²) in [4.78, 5) is 15.9. The summed E-state index contributed by atoms with van der Waals surface area (Å²) in [5.41, 5.74) is 0.882. The SMILES string of the molecule is COCCCN(C)C(=O)C(C(C)C)n1nnc(-c2ccccc2)n1. The van der Waals surface area contributed by atoms with Gasteiger partial charge in [-0.25, -0.2) is 0 Å². The molecule has 0 aliphatic heterocycles. The maximum Gasteiger partial charge on any atom is 0.249 e. The molecule has 24 heavy (non-hydrogen) atoms. The third kappa shape index (κ3) is 4.38. The second-order valence-electron chi connectivity index (χ2n) is 6.09. The van der Waals surface area contributed by atoms with Crippen molar-refractivity contribution in [2.75, 3.05) is 27.3 Å². The van der Waals surface area contributed by atoms with Gasteiger partial charge in [0, 0.05) is 32.9 Å². The summed E-state index contributed by atoms with van der Waals surface area (Å²) in [6, 6.07) is 9.15. The first kappa shape index (κ1) is 18.1. The molecule has 1 atom stereocenters. The van der Waals surface area contributed by atoms with E-state index in [4.69, 9.17) is 4.74 Å². The molecule has 7 heteroatoms. The number of tetrazole rings is 1. The lowest BCUT2D eigenvalue weighted by atomic mass is 10.0. The third-order valence-electron chi connectivity index (χ3n) is 3.81. The zero-order valence-electron chi connectivity index (χ0n) is 14.7. The maximum atomic E-state index is 12.8. The first-order valence-corrected chi connectivity index (χ1v) is 8.13. The molecule has 0 fully saturated rings. The van der Waals surface area contributed by atoms with Gasteiger partial charge in [-0.1, -0.05) is 44.2 Å². The Morgan fingerprint density at radius 2 is 2.00 bits per heavy atom. The Morgan fingerprint density at radius 3 is 2.62 bits per heavy atom. The largest absolute Gasteiger partial charge is 0.385 e. The van der Waals surface area contributed by atoms with Crippen LogP contribution in [0.1, 0.15) is 26.3 Å². The quantitative estimate of drug-likeness (QED) is 0.692. The number of aromatic nitrogens is 4. The first-order chi connectivity index (χ1) is 11.5. The Morgan fingerprint density at radius 1 is 1.29 bits per heavy atom. The van der Waals surface area contributed by atoms with Crippen LogP contribution >= 0.6 is 0 Å². The summed E-state index contributed by atoms with van der Waals surface area (Å²) in [7, 11) is 3.45. The van der Waals surface area contributed by atoms with E-state index in [0.29, 0.717) is 19.0 Å². The van der Waals surface area contributed by atoms with Gasteiger partial charge in [0.2, 0.25) is 11.7 Å². The Hall–Kier alpha value is -2.28. The fourth-order valence-electron chi connectivity index (χ4n) is 2.48. The van der Waals surface area contributed by atoms with Crippen LogP contribution in [0, 0.1) is 5.92 Å². The fraction of sp³-hybridized carbons (Fsp3) is 0.529. The van der Waals surface area contributed by atoms with Gasteiger partial charge in [-0.15, -0.1) is 10.2 Å². The van der Waals surface area contributed by atoms with Crippen LogP contribution < -0.4 is 0 Å². The van der Waals surface area contributed by atoms with Gasteiger partial charge in [0.1, 0.15) is 0 Å². The van der Waals surface area contributed by atoms with E-state index in [-0.39, 0.29) is 11.8 Å². The number of benzene rings is 1. The average Bonchev–Trinajstić information content (AvgIpc) is 3.05. The molecule has 1 unspecified atom stereocenters. The van der Waals surface area contributed by atoms with E-state index in [1.165, 1.54) is 4.80 Å². The molecule has 1 aromatic carbocycles. The number of likely N-dealkylation sites (N-methyl/N-ethyl adjacent to an activating group) is 1. The molecule has 2 aromatic rings. The van der Waals surface area contributed by atoms with E-state index in [2.05, 4.69) is 15.4 Å². The highest BCUT2D eigenvalue weighted by Gasteiger charge is 2.29. The van der Waals surface area contributed by atoms with E-state index in [0.717, 1.165) is 12.0 Å². The highest BCUT2D eigenvalue weighted by molar-refractivity contribution is 5.80. The van der Waals surface area contributed by atoms with Crippen molar-refractivity contribution in [1.29, 1.82) is 0 Å². The molecule has 0 aliphatic rings. The lowest BCUT2D eigenvalue weighted by Gasteiger charge is -2.25. The molecule has 0 N–H and O–H groups in total. The summed E-state index contributed by atoms with van der Waals surface area (Å²) in [5.74, 6) is 0.564. The Bertz CT molecular complexity index is 641. The molecule has 0 aliphatic carbocycles. The molecule has 0 saturated heterocycles. The van der Waals surface area contributed by atoms with E-state index in [9.17, 15) is 4.79 Å². The molecule has 0 saturated carbocycles. The number of rotatable bonds is 8. The van der Waals surface area contributed by atoms with Gasteiger partial charge in [0.15, 0.2) is 6.04 Å². The molecule has 2 rings (SSSR count). The zero-order valence-corrected chi connectivity index (χ0v) is 14.7. The Labute approximate surface area is 142 Å². The number of hydrogen-bond acceptors (Lipinski definition) is 5. The summed E-state index contributed by atoms with van der Waals surface area (Å²) in [6.45, 7) is 5.23. The summed E-state index contributed by atoms with van der Waals surface area (Å²) < 4.78 is 5.04. The number of carbonyl (C=O) groups is 1. The van der Waals surface area contributed by atoms with Gasteiger partial charge in [-0.2, -0.15) is 4.80 Å². The molecule has 0 bridgehead atoms. The predicted octanol–water partition coefficient (Wildman–Crippen LogP) is 2.03. The van der Waals surface area contributed by atoms with Crippen molar-refractivity contribution >= 4 is 5.91 Å². The molecular formula is C17H25N5O2. The fourth-order valence-corrected chi connectivity index (χ4v) is 2.48. The topological polar surface area (TPSA) is 73.1 Å². The van der Waals surface area contributed by atoms with Gasteiger partial charge >= 0.3 is 0 Å². The van der Waals surface area contributed by atoms with Crippen molar-refractivity contribution in [3.05, 3.63) is 30.3 Å². The van der Waals surface area contributed by atoms with Crippen LogP contribution in [0.5, 0.6) is 0 Å². The van der Waals surface area contributed by atoms with Crippen molar-refractivity contribution in [2.24, 2.45) is 5.92 Å². The van der Waals surface area contributed by atoms with Crippen LogP contribution in [0.4, 0.5) is 0 Å². The molecule has 0 radical (unpaired) electrons. The number of amides is 1. The van der Waals surface area contributed by atoms with Gasteiger partial charge in [0.25, 0.3) is 0 Å². The van der Waals surface area contributed by atoms with Crippen LogP contribution in [0.2, 0.25) is 0 Å². The molecular weight excluding hydrogens is 306 g/mol. The minimum Gasteiger partial charge on any atom is -0.385 e. The monoisotopic (exact) mass is 331 g/mol. The van der Waals surface area contributed by atoms with Crippen LogP contribution in [-0.4, -0.2) is 58.3 Å². The molecule has 0 spiro atoms. The Kier molecular flexibility index (Phi) is 6.43. The van der Waals surface area contributed by atoms with Gasteiger partial charge in [0.05, 0.1) is 0 Å². The lowest BCUT2D eigenvalue weighted by Crippen LogP contribution is -2.38. The normalized spacial score (nSPS) is 12.4. The lowest BCUT2D eigenvalue weighted by molar-refractivity contribution is -0.135. The number of nitrogens with zero attached hydrogens (tertiary/aromatic N) is 5. The van der Waals surface area contributed by atoms with Crippen molar-refractivity contribution in [1.82, 2.24) is 25.1 Å². The molecule has 7 nitrogen and oxygen atoms in total. The molecule has 1 amide bonds. The van der Waals surface area contributed by atoms with Crippen molar-refractivity contribution in [3.8, 4) is 11.4 Å².